The first-order valence-corrected chi connectivity index (χ1v) is 8.72. The van der Waals surface area contributed by atoms with E-state index in [0.717, 1.165) is 36.8 Å². The van der Waals surface area contributed by atoms with Crippen molar-refractivity contribution in [1.82, 2.24) is 0 Å². The largest absolute Gasteiger partial charge is 0.326 e. The molecule has 2 N–H and O–H groups in total. The third kappa shape index (κ3) is 3.80. The highest BCUT2D eigenvalue weighted by atomic mass is 32.2. The Morgan fingerprint density at radius 3 is 2.37 bits per heavy atom. The normalized spacial score (nSPS) is 24.3. The van der Waals surface area contributed by atoms with Gasteiger partial charge in [-0.2, -0.15) is 0 Å². The van der Waals surface area contributed by atoms with Crippen molar-refractivity contribution >= 4 is 9.84 Å². The molecule has 1 aromatic carbocycles. The first-order valence-electron chi connectivity index (χ1n) is 7.00. The average Bonchev–Trinajstić information content (AvgIpc) is 2.39. The molecule has 2 rings (SSSR count). The summed E-state index contributed by atoms with van der Waals surface area (Å²) in [7, 11) is -3.02. The Bertz CT molecular complexity index is 507. The molecule has 0 aliphatic heterocycles. The molecule has 4 heteroatoms. The fourth-order valence-corrected chi connectivity index (χ4v) is 4.87. The molecule has 1 fully saturated rings. The van der Waals surface area contributed by atoms with Gasteiger partial charge in [0.2, 0.25) is 0 Å². The van der Waals surface area contributed by atoms with E-state index in [-0.39, 0.29) is 11.0 Å². The molecular weight excluding hydrogens is 258 g/mol. The summed E-state index contributed by atoms with van der Waals surface area (Å²) in [6.07, 6.45) is 3.85. The monoisotopic (exact) mass is 281 g/mol. The van der Waals surface area contributed by atoms with E-state index in [1.165, 1.54) is 0 Å². The quantitative estimate of drug-likeness (QED) is 0.923. The summed E-state index contributed by atoms with van der Waals surface area (Å²) < 4.78 is 24.9. The number of benzene rings is 1. The second-order valence-electron chi connectivity index (χ2n) is 5.72. The summed E-state index contributed by atoms with van der Waals surface area (Å²) in [6.45, 7) is 2.64. The summed E-state index contributed by atoms with van der Waals surface area (Å²) in [5.74, 6) is 0.697. The number of rotatable bonds is 4. The summed E-state index contributed by atoms with van der Waals surface area (Å²) in [4.78, 5) is 0. The summed E-state index contributed by atoms with van der Waals surface area (Å²) in [5, 5.41) is -0.148. The van der Waals surface area contributed by atoms with Crippen molar-refractivity contribution in [3.63, 3.8) is 0 Å². The van der Waals surface area contributed by atoms with Gasteiger partial charge in [-0.25, -0.2) is 8.42 Å². The SMILES string of the molecule is CC1CCCC(S(=O)(=O)Cc2ccc(CN)cc2)C1. The van der Waals surface area contributed by atoms with Crippen LogP contribution >= 0.6 is 0 Å². The van der Waals surface area contributed by atoms with Crippen LogP contribution in [0.1, 0.15) is 43.7 Å². The Labute approximate surface area is 116 Å². The molecule has 1 aliphatic rings. The van der Waals surface area contributed by atoms with E-state index in [0.29, 0.717) is 12.5 Å². The zero-order chi connectivity index (χ0) is 13.9. The third-order valence-corrected chi connectivity index (χ3v) is 6.20. The first-order chi connectivity index (χ1) is 9.01. The fourth-order valence-electron chi connectivity index (χ4n) is 2.83. The van der Waals surface area contributed by atoms with Gasteiger partial charge in [-0.05, 0) is 29.9 Å². The van der Waals surface area contributed by atoms with Crippen LogP contribution in [-0.4, -0.2) is 13.7 Å². The molecule has 106 valence electrons. The van der Waals surface area contributed by atoms with Crippen LogP contribution in [0, 0.1) is 5.92 Å². The van der Waals surface area contributed by atoms with E-state index in [1.54, 1.807) is 0 Å². The van der Waals surface area contributed by atoms with E-state index in [2.05, 4.69) is 6.92 Å². The van der Waals surface area contributed by atoms with E-state index in [1.807, 2.05) is 24.3 Å². The van der Waals surface area contributed by atoms with Gasteiger partial charge in [-0.3, -0.25) is 0 Å². The van der Waals surface area contributed by atoms with Gasteiger partial charge < -0.3 is 5.73 Å². The Morgan fingerprint density at radius 2 is 1.79 bits per heavy atom. The molecule has 0 heterocycles. The second-order valence-corrected chi connectivity index (χ2v) is 8.00. The van der Waals surface area contributed by atoms with Crippen molar-refractivity contribution in [1.29, 1.82) is 0 Å². The molecule has 0 radical (unpaired) electrons. The molecule has 2 atom stereocenters. The van der Waals surface area contributed by atoms with Gasteiger partial charge in [-0.1, -0.05) is 44.0 Å². The van der Waals surface area contributed by atoms with Crippen LogP contribution in [0.2, 0.25) is 0 Å². The lowest BCUT2D eigenvalue weighted by Gasteiger charge is -2.26. The van der Waals surface area contributed by atoms with E-state index in [4.69, 9.17) is 5.73 Å². The van der Waals surface area contributed by atoms with Crippen LogP contribution in [0.5, 0.6) is 0 Å². The Hall–Kier alpha value is -0.870. The maximum atomic E-state index is 12.4. The average molecular weight is 281 g/mol. The zero-order valence-electron chi connectivity index (χ0n) is 11.5. The topological polar surface area (TPSA) is 60.2 Å². The molecule has 0 spiro atoms. The van der Waals surface area contributed by atoms with E-state index < -0.39 is 9.84 Å². The van der Waals surface area contributed by atoms with Crippen LogP contribution in [0.3, 0.4) is 0 Å². The van der Waals surface area contributed by atoms with Crippen molar-refractivity contribution in [2.75, 3.05) is 0 Å². The van der Waals surface area contributed by atoms with Crippen molar-refractivity contribution in [3.8, 4) is 0 Å². The summed E-state index contributed by atoms with van der Waals surface area (Å²) in [6, 6.07) is 7.58. The Morgan fingerprint density at radius 1 is 1.16 bits per heavy atom. The summed E-state index contributed by atoms with van der Waals surface area (Å²) >= 11 is 0. The van der Waals surface area contributed by atoms with Gasteiger partial charge in [0.05, 0.1) is 11.0 Å². The van der Waals surface area contributed by atoms with Crippen LogP contribution in [-0.2, 0) is 22.1 Å². The molecule has 1 aliphatic carbocycles. The number of nitrogens with two attached hydrogens (primary N) is 1. The van der Waals surface area contributed by atoms with Crippen molar-refractivity contribution in [3.05, 3.63) is 35.4 Å². The lowest BCUT2D eigenvalue weighted by molar-refractivity contribution is 0.382. The minimum atomic E-state index is -3.02. The highest BCUT2D eigenvalue weighted by Gasteiger charge is 2.30. The molecule has 1 saturated carbocycles. The van der Waals surface area contributed by atoms with E-state index in [9.17, 15) is 8.42 Å². The van der Waals surface area contributed by atoms with Crippen molar-refractivity contribution in [2.45, 2.75) is 50.2 Å². The standard InChI is InChI=1S/C15H23NO2S/c1-12-3-2-4-15(9-12)19(17,18)11-14-7-5-13(10-16)6-8-14/h5-8,12,15H,2-4,9-11,16H2,1H3. The maximum absolute atomic E-state index is 12.4. The molecule has 2 unspecified atom stereocenters. The lowest BCUT2D eigenvalue weighted by Crippen LogP contribution is -2.28. The maximum Gasteiger partial charge on any atom is 0.157 e. The number of hydrogen-bond acceptors (Lipinski definition) is 3. The fraction of sp³-hybridized carbons (Fsp3) is 0.600. The molecule has 0 bridgehead atoms. The van der Waals surface area contributed by atoms with Crippen LogP contribution in [0.25, 0.3) is 0 Å². The van der Waals surface area contributed by atoms with Gasteiger partial charge in [0.1, 0.15) is 0 Å². The van der Waals surface area contributed by atoms with Gasteiger partial charge in [-0.15, -0.1) is 0 Å². The first kappa shape index (κ1) is 14.5. The molecule has 0 amide bonds. The van der Waals surface area contributed by atoms with Crippen LogP contribution in [0.15, 0.2) is 24.3 Å². The Kier molecular flexibility index (Phi) is 4.63. The van der Waals surface area contributed by atoms with Gasteiger partial charge >= 0.3 is 0 Å². The molecule has 1 aromatic rings. The van der Waals surface area contributed by atoms with Crippen LogP contribution in [0.4, 0.5) is 0 Å². The highest BCUT2D eigenvalue weighted by molar-refractivity contribution is 7.91. The Balaban J connectivity index is 2.07. The molecule has 19 heavy (non-hydrogen) atoms. The van der Waals surface area contributed by atoms with Crippen molar-refractivity contribution in [2.24, 2.45) is 11.7 Å². The minimum Gasteiger partial charge on any atom is -0.326 e. The molecular formula is C15H23NO2S. The molecule has 3 nitrogen and oxygen atoms in total. The number of hydrogen-bond donors (Lipinski definition) is 1. The predicted molar refractivity (Wildman–Crippen MR) is 78.4 cm³/mol. The lowest BCUT2D eigenvalue weighted by atomic mass is 9.91. The smallest absolute Gasteiger partial charge is 0.157 e. The predicted octanol–water partition coefficient (Wildman–Crippen LogP) is 2.64. The van der Waals surface area contributed by atoms with Crippen molar-refractivity contribution < 1.29 is 8.42 Å². The van der Waals surface area contributed by atoms with Gasteiger partial charge in [0.25, 0.3) is 0 Å². The highest BCUT2D eigenvalue weighted by Crippen LogP contribution is 2.30. The van der Waals surface area contributed by atoms with Gasteiger partial charge in [0.15, 0.2) is 9.84 Å². The van der Waals surface area contributed by atoms with E-state index >= 15 is 0 Å². The molecule has 0 aromatic heterocycles. The second kappa shape index (κ2) is 6.06. The zero-order valence-corrected chi connectivity index (χ0v) is 12.3. The number of sulfone groups is 1. The molecule has 0 saturated heterocycles. The minimum absolute atomic E-state index is 0.148. The third-order valence-electron chi connectivity index (χ3n) is 4.02. The summed E-state index contributed by atoms with van der Waals surface area (Å²) in [5.41, 5.74) is 7.45. The van der Waals surface area contributed by atoms with Crippen LogP contribution < -0.4 is 5.73 Å². The van der Waals surface area contributed by atoms with Gasteiger partial charge in [0, 0.05) is 6.54 Å².